The molecule has 0 aromatic rings. The predicted molar refractivity (Wildman–Crippen MR) is 120 cm³/mol. The van der Waals surface area contributed by atoms with Crippen molar-refractivity contribution in [3.05, 3.63) is 12.2 Å². The summed E-state index contributed by atoms with van der Waals surface area (Å²) in [6.45, 7) is 5.60. The molecular weight excluding hydrogens is 382 g/mol. The Balaban J connectivity index is 4.25. The summed E-state index contributed by atoms with van der Waals surface area (Å²) in [6, 6.07) is -1.36. The van der Waals surface area contributed by atoms with Gasteiger partial charge in [-0.2, -0.15) is 0 Å². The number of aliphatic hydroxyl groups is 1. The Bertz CT molecular complexity index is 530. The molecule has 0 radical (unpaired) electrons. The molecule has 30 heavy (non-hydrogen) atoms. The van der Waals surface area contributed by atoms with E-state index < -0.39 is 35.3 Å². The molecule has 0 rings (SSSR count). The number of carbonyl (C=O) groups is 3. The molecule has 6 nitrogen and oxygen atoms in total. The van der Waals surface area contributed by atoms with Gasteiger partial charge in [-0.15, -0.1) is 0 Å². The van der Waals surface area contributed by atoms with Crippen molar-refractivity contribution in [3.63, 3.8) is 0 Å². The first-order chi connectivity index (χ1) is 14.2. The van der Waals surface area contributed by atoms with E-state index in [1.807, 2.05) is 0 Å². The van der Waals surface area contributed by atoms with Crippen LogP contribution in [0.15, 0.2) is 12.2 Å². The molecule has 6 heteroatoms. The molecule has 0 aromatic heterocycles. The topological polar surface area (TPSA) is 107 Å². The van der Waals surface area contributed by atoms with Crippen LogP contribution in [-0.4, -0.2) is 40.4 Å². The maximum absolute atomic E-state index is 12.1. The summed E-state index contributed by atoms with van der Waals surface area (Å²) in [5.41, 5.74) is 3.81. The van der Waals surface area contributed by atoms with Gasteiger partial charge in [0.2, 0.25) is 5.60 Å². The summed E-state index contributed by atoms with van der Waals surface area (Å²) in [6.07, 6.45) is 16.7. The van der Waals surface area contributed by atoms with Crippen molar-refractivity contribution >= 4 is 17.5 Å². The lowest BCUT2D eigenvalue weighted by atomic mass is 9.83. The lowest BCUT2D eigenvalue weighted by Crippen LogP contribution is -2.64. The van der Waals surface area contributed by atoms with Crippen molar-refractivity contribution in [2.45, 2.75) is 122 Å². The number of unbranched alkanes of at least 4 members (excludes halogenated alkanes) is 11. The quantitative estimate of drug-likeness (QED) is 0.146. The molecule has 0 spiro atoms. The Morgan fingerprint density at radius 1 is 0.867 bits per heavy atom. The number of ketones is 2. The fourth-order valence-electron chi connectivity index (χ4n) is 3.68. The fourth-order valence-corrected chi connectivity index (χ4v) is 3.68. The number of nitrogens with two attached hydrogens (primary N) is 1. The minimum atomic E-state index is -2.16. The molecule has 0 saturated heterocycles. The second kappa shape index (κ2) is 16.2. The van der Waals surface area contributed by atoms with Crippen LogP contribution in [0.25, 0.3) is 0 Å². The van der Waals surface area contributed by atoms with Gasteiger partial charge in [0.05, 0.1) is 12.1 Å². The van der Waals surface area contributed by atoms with Crippen LogP contribution in [-0.2, 0) is 19.1 Å². The van der Waals surface area contributed by atoms with Gasteiger partial charge in [-0.3, -0.25) is 14.4 Å². The number of Topliss-reactive ketones (excluding diaryl/α,β-unsaturated/α-hetero) is 2. The number of esters is 1. The van der Waals surface area contributed by atoms with Crippen LogP contribution in [0, 0.1) is 0 Å². The molecule has 2 atom stereocenters. The summed E-state index contributed by atoms with van der Waals surface area (Å²) >= 11 is 0. The SMILES string of the molecule is CCCCCCCCCCCCCC=CC(O)C(N)C(OC(C)=O)(C(C)=O)C(C)=O. The summed E-state index contributed by atoms with van der Waals surface area (Å²) in [4.78, 5) is 35.5. The summed E-state index contributed by atoms with van der Waals surface area (Å²) in [5, 5.41) is 10.3. The van der Waals surface area contributed by atoms with Crippen molar-refractivity contribution in [2.75, 3.05) is 0 Å². The van der Waals surface area contributed by atoms with Gasteiger partial charge >= 0.3 is 5.97 Å². The summed E-state index contributed by atoms with van der Waals surface area (Å²) in [5.74, 6) is -2.20. The van der Waals surface area contributed by atoms with E-state index in [-0.39, 0.29) is 0 Å². The monoisotopic (exact) mass is 425 g/mol. The van der Waals surface area contributed by atoms with Gasteiger partial charge in [-0.05, 0) is 26.7 Å². The molecule has 0 aromatic carbocycles. The van der Waals surface area contributed by atoms with Crippen molar-refractivity contribution < 1.29 is 24.2 Å². The van der Waals surface area contributed by atoms with E-state index in [9.17, 15) is 19.5 Å². The number of hydrogen-bond donors (Lipinski definition) is 2. The van der Waals surface area contributed by atoms with Crippen LogP contribution in [0.1, 0.15) is 105 Å². The smallest absolute Gasteiger partial charge is 0.304 e. The Hall–Kier alpha value is -1.53. The second-order valence-electron chi connectivity index (χ2n) is 8.21. The van der Waals surface area contributed by atoms with Crippen molar-refractivity contribution in [2.24, 2.45) is 5.73 Å². The predicted octanol–water partition coefficient (Wildman–Crippen LogP) is 4.41. The van der Waals surface area contributed by atoms with E-state index in [0.717, 1.165) is 40.0 Å². The Morgan fingerprint density at radius 3 is 1.70 bits per heavy atom. The first kappa shape index (κ1) is 28.5. The first-order valence-electron chi connectivity index (χ1n) is 11.5. The minimum absolute atomic E-state index is 0.699. The standard InChI is InChI=1S/C24H43NO5/c1-5-6-7-8-9-10-11-12-13-14-15-16-17-18-22(29)23(25)24(19(2)26,20(3)27)30-21(4)28/h17-18,22-23,29H,5-16,25H2,1-4H3. The molecular formula is C24H43NO5. The third kappa shape index (κ3) is 10.5. The van der Waals surface area contributed by atoms with Crippen LogP contribution in [0.3, 0.4) is 0 Å². The highest BCUT2D eigenvalue weighted by molar-refractivity contribution is 6.10. The average molecular weight is 426 g/mol. The van der Waals surface area contributed by atoms with Gasteiger partial charge in [0.25, 0.3) is 0 Å². The zero-order chi connectivity index (χ0) is 23.0. The van der Waals surface area contributed by atoms with E-state index in [0.29, 0.717) is 0 Å². The molecule has 3 N–H and O–H groups in total. The molecule has 0 aliphatic carbocycles. The largest absolute Gasteiger partial charge is 0.441 e. The number of carbonyl (C=O) groups excluding carboxylic acids is 3. The molecule has 0 heterocycles. The summed E-state index contributed by atoms with van der Waals surface area (Å²) in [7, 11) is 0. The maximum atomic E-state index is 12.1. The van der Waals surface area contributed by atoms with Gasteiger partial charge < -0.3 is 15.6 Å². The number of allylic oxidation sites excluding steroid dienone is 1. The molecule has 0 bridgehead atoms. The fraction of sp³-hybridized carbons (Fsp3) is 0.792. The third-order valence-electron chi connectivity index (χ3n) is 5.50. The molecule has 0 aliphatic rings. The van der Waals surface area contributed by atoms with Crippen molar-refractivity contribution in [3.8, 4) is 0 Å². The first-order valence-corrected chi connectivity index (χ1v) is 11.5. The zero-order valence-corrected chi connectivity index (χ0v) is 19.5. The number of rotatable bonds is 18. The third-order valence-corrected chi connectivity index (χ3v) is 5.50. The van der Waals surface area contributed by atoms with Crippen molar-refractivity contribution in [1.29, 1.82) is 0 Å². The zero-order valence-electron chi connectivity index (χ0n) is 19.5. The Labute approximate surface area is 182 Å². The molecule has 0 fully saturated rings. The van der Waals surface area contributed by atoms with E-state index in [2.05, 4.69) is 6.92 Å². The van der Waals surface area contributed by atoms with Gasteiger partial charge in [0.1, 0.15) is 0 Å². The van der Waals surface area contributed by atoms with Crippen molar-refractivity contribution in [1.82, 2.24) is 0 Å². The lowest BCUT2D eigenvalue weighted by Gasteiger charge is -2.35. The van der Waals surface area contributed by atoms with Gasteiger partial charge in [0.15, 0.2) is 11.6 Å². The Morgan fingerprint density at radius 2 is 1.30 bits per heavy atom. The minimum Gasteiger partial charge on any atom is -0.441 e. The summed E-state index contributed by atoms with van der Waals surface area (Å²) < 4.78 is 5.01. The van der Waals surface area contributed by atoms with E-state index >= 15 is 0 Å². The van der Waals surface area contributed by atoms with Gasteiger partial charge in [-0.25, -0.2) is 0 Å². The van der Waals surface area contributed by atoms with Crippen LogP contribution in [0.2, 0.25) is 0 Å². The average Bonchev–Trinajstić information content (AvgIpc) is 2.68. The Kier molecular flexibility index (Phi) is 15.4. The highest BCUT2D eigenvalue weighted by Gasteiger charge is 2.51. The second-order valence-corrected chi connectivity index (χ2v) is 8.21. The van der Waals surface area contributed by atoms with E-state index in [1.54, 1.807) is 6.08 Å². The normalized spacial score (nSPS) is 13.9. The van der Waals surface area contributed by atoms with Crippen LogP contribution >= 0.6 is 0 Å². The molecule has 0 aliphatic heterocycles. The van der Waals surface area contributed by atoms with Crippen LogP contribution < -0.4 is 5.73 Å². The van der Waals surface area contributed by atoms with E-state index in [1.165, 1.54) is 63.9 Å². The van der Waals surface area contributed by atoms with Gasteiger partial charge in [-0.1, -0.05) is 83.3 Å². The highest BCUT2D eigenvalue weighted by atomic mass is 16.6. The van der Waals surface area contributed by atoms with Crippen LogP contribution in [0.4, 0.5) is 0 Å². The number of ether oxygens (including phenoxy) is 1. The highest BCUT2D eigenvalue weighted by Crippen LogP contribution is 2.22. The molecule has 0 amide bonds. The maximum Gasteiger partial charge on any atom is 0.304 e. The van der Waals surface area contributed by atoms with Crippen LogP contribution in [0.5, 0.6) is 0 Å². The number of aliphatic hydroxyl groups excluding tert-OH is 1. The van der Waals surface area contributed by atoms with Gasteiger partial charge in [0, 0.05) is 6.92 Å². The molecule has 0 saturated carbocycles. The number of hydrogen-bond acceptors (Lipinski definition) is 6. The lowest BCUT2D eigenvalue weighted by molar-refractivity contribution is -0.175. The van der Waals surface area contributed by atoms with E-state index in [4.69, 9.17) is 10.5 Å². The molecule has 174 valence electrons. The molecule has 2 unspecified atom stereocenters.